The molecule has 0 spiro atoms. The molecule has 0 aliphatic carbocycles. The Balaban J connectivity index is 1.60. The first-order valence-electron chi connectivity index (χ1n) is 7.97. The summed E-state index contributed by atoms with van der Waals surface area (Å²) in [6, 6.07) is 5.45. The standard InChI is InChI=1S/C18H20N4OS/c1-11-10-24-17(20-11)5-4-8-19-18(23)14-6-7-15-16(9-14)22-13(3)12(2)21-15/h6-7,9-10H,4-5,8H2,1-3H3,(H,19,23). The molecule has 6 heteroatoms. The van der Waals surface area contributed by atoms with E-state index in [-0.39, 0.29) is 5.91 Å². The van der Waals surface area contributed by atoms with E-state index in [2.05, 4.69) is 20.3 Å². The summed E-state index contributed by atoms with van der Waals surface area (Å²) in [4.78, 5) is 25.7. The number of fused-ring (bicyclic) bond motifs is 1. The highest BCUT2D eigenvalue weighted by Crippen LogP contribution is 2.15. The molecule has 2 heterocycles. The van der Waals surface area contributed by atoms with E-state index in [1.165, 1.54) is 0 Å². The lowest BCUT2D eigenvalue weighted by Crippen LogP contribution is -2.24. The Morgan fingerprint density at radius 2 is 1.83 bits per heavy atom. The molecule has 0 aliphatic heterocycles. The van der Waals surface area contributed by atoms with E-state index in [1.807, 2.05) is 32.2 Å². The smallest absolute Gasteiger partial charge is 0.251 e. The molecule has 0 radical (unpaired) electrons. The van der Waals surface area contributed by atoms with Crippen LogP contribution in [0.5, 0.6) is 0 Å². The van der Waals surface area contributed by atoms with Crippen LogP contribution in [0, 0.1) is 20.8 Å². The topological polar surface area (TPSA) is 67.8 Å². The van der Waals surface area contributed by atoms with E-state index in [0.717, 1.165) is 46.0 Å². The number of rotatable bonds is 5. The summed E-state index contributed by atoms with van der Waals surface area (Å²) in [5.74, 6) is -0.0766. The lowest BCUT2D eigenvalue weighted by Gasteiger charge is -2.07. The van der Waals surface area contributed by atoms with Gasteiger partial charge in [0.25, 0.3) is 5.91 Å². The zero-order valence-corrected chi connectivity index (χ0v) is 14.9. The molecular formula is C18H20N4OS. The Labute approximate surface area is 145 Å². The van der Waals surface area contributed by atoms with Crippen molar-refractivity contribution in [3.63, 3.8) is 0 Å². The van der Waals surface area contributed by atoms with Crippen molar-refractivity contribution in [3.8, 4) is 0 Å². The van der Waals surface area contributed by atoms with Crippen molar-refractivity contribution in [1.82, 2.24) is 20.3 Å². The number of nitrogens with one attached hydrogen (secondary N) is 1. The molecule has 3 aromatic rings. The van der Waals surface area contributed by atoms with Gasteiger partial charge in [0.05, 0.1) is 27.4 Å². The summed E-state index contributed by atoms with van der Waals surface area (Å²) in [5.41, 5.74) is 5.04. The van der Waals surface area contributed by atoms with E-state index in [9.17, 15) is 4.79 Å². The molecule has 24 heavy (non-hydrogen) atoms. The minimum atomic E-state index is -0.0766. The lowest BCUT2D eigenvalue weighted by molar-refractivity contribution is 0.0953. The van der Waals surface area contributed by atoms with Gasteiger partial charge in [-0.3, -0.25) is 4.79 Å². The highest BCUT2D eigenvalue weighted by Gasteiger charge is 2.08. The van der Waals surface area contributed by atoms with Gasteiger partial charge >= 0.3 is 0 Å². The zero-order chi connectivity index (χ0) is 17.1. The number of nitrogens with zero attached hydrogens (tertiary/aromatic N) is 3. The van der Waals surface area contributed by atoms with Crippen LogP contribution in [-0.2, 0) is 6.42 Å². The summed E-state index contributed by atoms with van der Waals surface area (Å²) >= 11 is 1.67. The fourth-order valence-corrected chi connectivity index (χ4v) is 3.25. The fourth-order valence-electron chi connectivity index (χ4n) is 2.43. The molecule has 0 atom stereocenters. The van der Waals surface area contributed by atoms with Gasteiger partial charge in [-0.1, -0.05) is 0 Å². The molecule has 0 bridgehead atoms. The van der Waals surface area contributed by atoms with Crippen molar-refractivity contribution in [2.24, 2.45) is 0 Å². The highest BCUT2D eigenvalue weighted by atomic mass is 32.1. The van der Waals surface area contributed by atoms with Crippen molar-refractivity contribution in [2.45, 2.75) is 33.6 Å². The monoisotopic (exact) mass is 340 g/mol. The predicted octanol–water partition coefficient (Wildman–Crippen LogP) is 3.37. The Morgan fingerprint density at radius 3 is 2.54 bits per heavy atom. The normalized spacial score (nSPS) is 11.0. The summed E-state index contributed by atoms with van der Waals surface area (Å²) in [6.07, 6.45) is 1.77. The number of carbonyl (C=O) groups excluding carboxylic acids is 1. The summed E-state index contributed by atoms with van der Waals surface area (Å²) in [5, 5.41) is 6.12. The molecule has 1 amide bonds. The number of hydrogen-bond donors (Lipinski definition) is 1. The summed E-state index contributed by atoms with van der Waals surface area (Å²) in [7, 11) is 0. The van der Waals surface area contributed by atoms with Crippen LogP contribution in [0.3, 0.4) is 0 Å². The molecule has 0 saturated carbocycles. The zero-order valence-electron chi connectivity index (χ0n) is 14.1. The Morgan fingerprint density at radius 1 is 1.08 bits per heavy atom. The van der Waals surface area contributed by atoms with Gasteiger partial charge in [0.2, 0.25) is 0 Å². The maximum absolute atomic E-state index is 12.3. The second-order valence-corrected chi connectivity index (χ2v) is 6.78. The summed E-state index contributed by atoms with van der Waals surface area (Å²) < 4.78 is 0. The third-order valence-electron chi connectivity index (χ3n) is 3.86. The van der Waals surface area contributed by atoms with Gasteiger partial charge in [-0.15, -0.1) is 11.3 Å². The van der Waals surface area contributed by atoms with Gasteiger partial charge in [-0.2, -0.15) is 0 Å². The molecule has 3 rings (SSSR count). The molecule has 124 valence electrons. The third-order valence-corrected chi connectivity index (χ3v) is 4.88. The number of aryl methyl sites for hydroxylation is 4. The van der Waals surface area contributed by atoms with Gasteiger partial charge in [-0.05, 0) is 45.4 Å². The van der Waals surface area contributed by atoms with E-state index in [0.29, 0.717) is 12.1 Å². The van der Waals surface area contributed by atoms with E-state index >= 15 is 0 Å². The van der Waals surface area contributed by atoms with Crippen LogP contribution in [0.15, 0.2) is 23.6 Å². The quantitative estimate of drug-likeness (QED) is 0.723. The van der Waals surface area contributed by atoms with E-state index in [1.54, 1.807) is 23.5 Å². The molecule has 0 aliphatic rings. The predicted molar refractivity (Wildman–Crippen MR) is 96.5 cm³/mol. The van der Waals surface area contributed by atoms with Crippen molar-refractivity contribution >= 4 is 28.3 Å². The van der Waals surface area contributed by atoms with Crippen LogP contribution in [0.1, 0.15) is 38.9 Å². The molecular weight excluding hydrogens is 320 g/mol. The van der Waals surface area contributed by atoms with Gasteiger partial charge in [0.15, 0.2) is 0 Å². The Kier molecular flexibility index (Phi) is 4.85. The van der Waals surface area contributed by atoms with Crippen LogP contribution in [0.2, 0.25) is 0 Å². The third kappa shape index (κ3) is 3.76. The average Bonchev–Trinajstić information content (AvgIpc) is 2.97. The second kappa shape index (κ2) is 7.05. The van der Waals surface area contributed by atoms with Gasteiger partial charge in [-0.25, -0.2) is 15.0 Å². The number of thiazole rings is 1. The molecule has 0 fully saturated rings. The average molecular weight is 340 g/mol. The maximum atomic E-state index is 12.3. The lowest BCUT2D eigenvalue weighted by atomic mass is 10.1. The van der Waals surface area contributed by atoms with Crippen LogP contribution in [0.25, 0.3) is 11.0 Å². The molecule has 1 aromatic carbocycles. The van der Waals surface area contributed by atoms with Crippen molar-refractivity contribution in [3.05, 3.63) is 51.2 Å². The first-order chi connectivity index (χ1) is 11.5. The van der Waals surface area contributed by atoms with Gasteiger partial charge in [0, 0.05) is 29.6 Å². The second-order valence-electron chi connectivity index (χ2n) is 5.84. The molecule has 5 nitrogen and oxygen atoms in total. The van der Waals surface area contributed by atoms with Crippen LogP contribution >= 0.6 is 11.3 Å². The van der Waals surface area contributed by atoms with Crippen LogP contribution in [-0.4, -0.2) is 27.4 Å². The van der Waals surface area contributed by atoms with Gasteiger partial charge < -0.3 is 5.32 Å². The van der Waals surface area contributed by atoms with Gasteiger partial charge in [0.1, 0.15) is 0 Å². The molecule has 0 unspecified atom stereocenters. The summed E-state index contributed by atoms with van der Waals surface area (Å²) in [6.45, 7) is 6.49. The number of amides is 1. The highest BCUT2D eigenvalue weighted by molar-refractivity contribution is 7.09. The minimum Gasteiger partial charge on any atom is -0.352 e. The van der Waals surface area contributed by atoms with Crippen LogP contribution < -0.4 is 5.32 Å². The van der Waals surface area contributed by atoms with Crippen molar-refractivity contribution in [1.29, 1.82) is 0 Å². The minimum absolute atomic E-state index is 0.0766. The number of hydrogen-bond acceptors (Lipinski definition) is 5. The number of carbonyl (C=O) groups is 1. The Bertz CT molecular complexity index is 888. The number of aromatic nitrogens is 3. The van der Waals surface area contributed by atoms with Crippen LogP contribution in [0.4, 0.5) is 0 Å². The van der Waals surface area contributed by atoms with Crippen molar-refractivity contribution in [2.75, 3.05) is 6.54 Å². The SMILES string of the molecule is Cc1csc(CCCNC(=O)c2ccc3nc(C)c(C)nc3c2)n1. The molecule has 0 saturated heterocycles. The molecule has 2 aromatic heterocycles. The van der Waals surface area contributed by atoms with E-state index in [4.69, 9.17) is 0 Å². The first kappa shape index (κ1) is 16.5. The maximum Gasteiger partial charge on any atom is 0.251 e. The fraction of sp³-hybridized carbons (Fsp3) is 0.333. The van der Waals surface area contributed by atoms with E-state index < -0.39 is 0 Å². The number of benzene rings is 1. The molecule has 1 N–H and O–H groups in total. The van der Waals surface area contributed by atoms with Crippen molar-refractivity contribution < 1.29 is 4.79 Å². The largest absolute Gasteiger partial charge is 0.352 e. The Hall–Kier alpha value is -2.34. The first-order valence-corrected chi connectivity index (χ1v) is 8.85.